The van der Waals surface area contributed by atoms with E-state index in [1.807, 2.05) is 6.92 Å². The van der Waals surface area contributed by atoms with Crippen LogP contribution in [0.4, 0.5) is 0 Å². The number of hydrogen-bond donors (Lipinski definition) is 3. The lowest BCUT2D eigenvalue weighted by Crippen LogP contribution is -2.02. The van der Waals surface area contributed by atoms with Crippen molar-refractivity contribution >= 4 is 0 Å². The van der Waals surface area contributed by atoms with Gasteiger partial charge in [0.05, 0.1) is 0 Å². The van der Waals surface area contributed by atoms with E-state index < -0.39 is 6.29 Å². The van der Waals surface area contributed by atoms with Gasteiger partial charge < -0.3 is 15.3 Å². The Bertz CT molecular complexity index is 99.4. The fraction of sp³-hybridized carbons (Fsp3) is 1.00. The van der Waals surface area contributed by atoms with Crippen molar-refractivity contribution in [2.75, 3.05) is 6.61 Å². The van der Waals surface area contributed by atoms with E-state index >= 15 is 0 Å². The van der Waals surface area contributed by atoms with E-state index in [0.29, 0.717) is 13.0 Å². The van der Waals surface area contributed by atoms with E-state index in [9.17, 15) is 0 Å². The quantitative estimate of drug-likeness (QED) is 0.424. The van der Waals surface area contributed by atoms with Crippen LogP contribution in [-0.4, -0.2) is 28.2 Å². The van der Waals surface area contributed by atoms with E-state index in [-0.39, 0.29) is 0 Å². The summed E-state index contributed by atoms with van der Waals surface area (Å²) in [6.45, 7) is 4.60. The molecule has 3 N–H and O–H groups in total. The highest BCUT2D eigenvalue weighted by atomic mass is 16.5. The number of rotatable bonds is 9. The highest BCUT2D eigenvalue weighted by Crippen LogP contribution is 2.03. The third-order valence-electron chi connectivity index (χ3n) is 2.33. The highest BCUT2D eigenvalue weighted by molar-refractivity contribution is 4.41. The van der Waals surface area contributed by atoms with Crippen LogP contribution in [0.1, 0.15) is 71.6 Å². The molecular weight excluding hydrogens is 204 g/mol. The lowest BCUT2D eigenvalue weighted by molar-refractivity contribution is -0.0463. The predicted molar refractivity (Wildman–Crippen MR) is 68.2 cm³/mol. The summed E-state index contributed by atoms with van der Waals surface area (Å²) in [4.78, 5) is 0. The summed E-state index contributed by atoms with van der Waals surface area (Å²) in [6.07, 6.45) is 8.83. The summed E-state index contributed by atoms with van der Waals surface area (Å²) in [5, 5.41) is 24.9. The van der Waals surface area contributed by atoms with Crippen LogP contribution in [-0.2, 0) is 0 Å². The van der Waals surface area contributed by atoms with Crippen LogP contribution in [0.5, 0.6) is 0 Å². The Hall–Kier alpha value is -0.120. The molecule has 0 fully saturated rings. The van der Waals surface area contributed by atoms with Crippen molar-refractivity contribution in [3.63, 3.8) is 0 Å². The second-order valence-corrected chi connectivity index (χ2v) is 4.11. The van der Waals surface area contributed by atoms with Crippen molar-refractivity contribution in [1.82, 2.24) is 0 Å². The van der Waals surface area contributed by atoms with Crippen molar-refractivity contribution in [2.24, 2.45) is 0 Å². The number of hydrogen-bond acceptors (Lipinski definition) is 3. The smallest absolute Gasteiger partial charge is 0.151 e. The molecule has 0 aliphatic rings. The average Bonchev–Trinajstić information content (AvgIpc) is 2.27. The summed E-state index contributed by atoms with van der Waals surface area (Å²) in [5.74, 6) is 0. The van der Waals surface area contributed by atoms with Gasteiger partial charge in [0, 0.05) is 6.61 Å². The zero-order valence-electron chi connectivity index (χ0n) is 11.0. The molecule has 0 radical (unpaired) electrons. The van der Waals surface area contributed by atoms with Crippen molar-refractivity contribution in [2.45, 2.75) is 77.9 Å². The normalized spacial score (nSPS) is 10.1. The van der Waals surface area contributed by atoms with Gasteiger partial charge in [0.1, 0.15) is 0 Å². The Labute approximate surface area is 101 Å². The zero-order chi connectivity index (χ0) is 12.6. The highest BCUT2D eigenvalue weighted by Gasteiger charge is 1.92. The summed E-state index contributed by atoms with van der Waals surface area (Å²) < 4.78 is 0. The first-order valence-electron chi connectivity index (χ1n) is 6.66. The Kier molecular flexibility index (Phi) is 19.7. The van der Waals surface area contributed by atoms with Gasteiger partial charge in [-0.2, -0.15) is 0 Å². The van der Waals surface area contributed by atoms with Gasteiger partial charge in [-0.05, 0) is 19.3 Å². The third kappa shape index (κ3) is 23.6. The monoisotopic (exact) mass is 234 g/mol. The second-order valence-electron chi connectivity index (χ2n) is 4.11. The summed E-state index contributed by atoms with van der Waals surface area (Å²) >= 11 is 0. The van der Waals surface area contributed by atoms with E-state index in [2.05, 4.69) is 6.92 Å². The SMILES string of the molecule is CCCCC(O)O.CCCCCCCCO. The number of aliphatic hydroxyl groups excluding tert-OH is 2. The van der Waals surface area contributed by atoms with E-state index in [0.717, 1.165) is 19.3 Å². The molecule has 0 saturated carbocycles. The molecule has 0 atom stereocenters. The fourth-order valence-corrected chi connectivity index (χ4v) is 1.28. The topological polar surface area (TPSA) is 60.7 Å². The molecule has 0 amide bonds. The second kappa shape index (κ2) is 17.3. The maximum absolute atomic E-state index is 8.42. The van der Waals surface area contributed by atoms with E-state index in [1.165, 1.54) is 32.1 Å². The molecule has 0 saturated heterocycles. The first-order valence-corrected chi connectivity index (χ1v) is 6.66. The molecule has 16 heavy (non-hydrogen) atoms. The zero-order valence-corrected chi connectivity index (χ0v) is 11.0. The van der Waals surface area contributed by atoms with Gasteiger partial charge in [-0.1, -0.05) is 52.4 Å². The van der Waals surface area contributed by atoms with Gasteiger partial charge in [-0.25, -0.2) is 0 Å². The molecule has 100 valence electrons. The summed E-state index contributed by atoms with van der Waals surface area (Å²) in [7, 11) is 0. The number of aliphatic hydroxyl groups is 3. The molecule has 0 rings (SSSR count). The first-order chi connectivity index (χ1) is 7.68. The molecule has 0 aliphatic heterocycles. The minimum atomic E-state index is -1.10. The molecule has 0 heterocycles. The lowest BCUT2D eigenvalue weighted by Gasteiger charge is -1.97. The van der Waals surface area contributed by atoms with Gasteiger partial charge in [0.15, 0.2) is 6.29 Å². The van der Waals surface area contributed by atoms with Gasteiger partial charge in [0.25, 0.3) is 0 Å². The van der Waals surface area contributed by atoms with Crippen LogP contribution < -0.4 is 0 Å². The molecule has 0 spiro atoms. The van der Waals surface area contributed by atoms with Crippen molar-refractivity contribution in [3.05, 3.63) is 0 Å². The molecule has 3 nitrogen and oxygen atoms in total. The minimum absolute atomic E-state index is 0.367. The van der Waals surface area contributed by atoms with E-state index in [4.69, 9.17) is 15.3 Å². The van der Waals surface area contributed by atoms with Crippen LogP contribution in [0, 0.1) is 0 Å². The van der Waals surface area contributed by atoms with Gasteiger partial charge >= 0.3 is 0 Å². The van der Waals surface area contributed by atoms with Crippen molar-refractivity contribution < 1.29 is 15.3 Å². The largest absolute Gasteiger partial charge is 0.396 e. The van der Waals surface area contributed by atoms with Crippen LogP contribution in [0.2, 0.25) is 0 Å². The third-order valence-corrected chi connectivity index (χ3v) is 2.33. The fourth-order valence-electron chi connectivity index (χ4n) is 1.28. The maximum atomic E-state index is 8.42. The summed E-state index contributed by atoms with van der Waals surface area (Å²) in [5.41, 5.74) is 0. The standard InChI is InChI=1S/C8H18O.C5H12O2/c1-2-3-4-5-6-7-8-9;1-2-3-4-5(6)7/h9H,2-8H2,1H3;5-7H,2-4H2,1H3. The Balaban J connectivity index is 0. The molecule has 0 aromatic rings. The van der Waals surface area contributed by atoms with Crippen molar-refractivity contribution in [1.29, 1.82) is 0 Å². The molecule has 0 aromatic heterocycles. The maximum Gasteiger partial charge on any atom is 0.151 e. The predicted octanol–water partition coefficient (Wildman–Crippen LogP) is 2.83. The molecule has 0 aliphatic carbocycles. The molecule has 0 bridgehead atoms. The van der Waals surface area contributed by atoms with Gasteiger partial charge in [-0.15, -0.1) is 0 Å². The van der Waals surface area contributed by atoms with Crippen LogP contribution in [0.3, 0.4) is 0 Å². The molecule has 0 aromatic carbocycles. The Morgan fingerprint density at radius 1 is 0.750 bits per heavy atom. The Morgan fingerprint density at radius 2 is 1.25 bits per heavy atom. The first kappa shape index (κ1) is 18.3. The molecular formula is C13H30O3. The van der Waals surface area contributed by atoms with Gasteiger partial charge in [0.2, 0.25) is 0 Å². The van der Waals surface area contributed by atoms with Gasteiger partial charge in [-0.3, -0.25) is 0 Å². The minimum Gasteiger partial charge on any atom is -0.396 e. The summed E-state index contributed by atoms with van der Waals surface area (Å²) in [6, 6.07) is 0. The van der Waals surface area contributed by atoms with Crippen molar-refractivity contribution in [3.8, 4) is 0 Å². The van der Waals surface area contributed by atoms with Crippen LogP contribution in [0.25, 0.3) is 0 Å². The van der Waals surface area contributed by atoms with Crippen LogP contribution >= 0.6 is 0 Å². The Morgan fingerprint density at radius 3 is 1.62 bits per heavy atom. The average molecular weight is 234 g/mol. The molecule has 0 unspecified atom stereocenters. The molecule has 3 heteroatoms. The number of unbranched alkanes of at least 4 members (excludes halogenated alkanes) is 6. The lowest BCUT2D eigenvalue weighted by atomic mass is 10.1. The van der Waals surface area contributed by atoms with E-state index in [1.54, 1.807) is 0 Å². The van der Waals surface area contributed by atoms with Crippen LogP contribution in [0.15, 0.2) is 0 Å².